The van der Waals surface area contributed by atoms with Crippen LogP contribution in [-0.2, 0) is 11.3 Å². The highest BCUT2D eigenvalue weighted by atomic mass is 16.5. The van der Waals surface area contributed by atoms with Gasteiger partial charge in [-0.15, -0.1) is 0 Å². The Morgan fingerprint density at radius 1 is 1.21 bits per heavy atom. The van der Waals surface area contributed by atoms with E-state index in [4.69, 9.17) is 4.74 Å². The summed E-state index contributed by atoms with van der Waals surface area (Å²) in [6, 6.07) is 14.4. The minimum absolute atomic E-state index is 0.115. The van der Waals surface area contributed by atoms with Crippen LogP contribution in [0.15, 0.2) is 72.7 Å². The second-order valence-electron chi connectivity index (χ2n) is 7.05. The van der Waals surface area contributed by atoms with Crippen molar-refractivity contribution in [2.75, 3.05) is 5.32 Å². The molecule has 2 aliphatic rings. The van der Waals surface area contributed by atoms with Gasteiger partial charge in [0.2, 0.25) is 5.95 Å². The van der Waals surface area contributed by atoms with Gasteiger partial charge in [0.15, 0.2) is 0 Å². The lowest BCUT2D eigenvalue weighted by Crippen LogP contribution is -2.31. The Morgan fingerprint density at radius 2 is 2.10 bits per heavy atom. The predicted octanol–water partition coefficient (Wildman–Crippen LogP) is 3.93. The molecule has 4 rings (SSSR count). The summed E-state index contributed by atoms with van der Waals surface area (Å²) in [6.45, 7) is 0.598. The van der Waals surface area contributed by atoms with Crippen LogP contribution in [-0.4, -0.2) is 22.1 Å². The fourth-order valence-electron chi connectivity index (χ4n) is 3.61. The summed E-state index contributed by atoms with van der Waals surface area (Å²) >= 11 is 0. The van der Waals surface area contributed by atoms with Gasteiger partial charge in [-0.1, -0.05) is 36.4 Å². The molecule has 1 aliphatic heterocycles. The first-order valence-electron chi connectivity index (χ1n) is 9.83. The van der Waals surface area contributed by atoms with Gasteiger partial charge in [-0.25, -0.2) is 9.97 Å². The lowest BCUT2D eigenvalue weighted by Gasteiger charge is -2.21. The first kappa shape index (κ1) is 18.9. The van der Waals surface area contributed by atoms with E-state index in [0.717, 1.165) is 25.0 Å². The smallest absolute Gasteiger partial charge is 0.223 e. The van der Waals surface area contributed by atoms with Crippen molar-refractivity contribution >= 4 is 11.5 Å². The van der Waals surface area contributed by atoms with E-state index in [0.29, 0.717) is 23.8 Å². The maximum absolute atomic E-state index is 9.62. The van der Waals surface area contributed by atoms with Crippen molar-refractivity contribution in [3.63, 3.8) is 0 Å². The molecular weight excluding hydrogens is 362 g/mol. The van der Waals surface area contributed by atoms with Gasteiger partial charge >= 0.3 is 0 Å². The molecule has 0 amide bonds. The third kappa shape index (κ3) is 4.71. The third-order valence-electron chi connectivity index (χ3n) is 5.08. The standard InChI is InChI=1S/C23H23N5O/c24-15-18(19-9-4-5-13-25-19)20-12-14-26-23(27-20)28-21-10-6-11-22(21)29-16-17-7-2-1-3-8-17/h1-5,7-9,12-14,21-22,25H,6,10-11,16H2,(H,26,27,28)/t21-,22-/m0/s1. The number of hydrogen-bond donors (Lipinski definition) is 2. The molecule has 2 atom stereocenters. The second kappa shape index (κ2) is 9.18. The molecule has 1 saturated carbocycles. The van der Waals surface area contributed by atoms with Gasteiger partial charge in [-0.2, -0.15) is 5.26 Å². The van der Waals surface area contributed by atoms with Gasteiger partial charge in [-0.3, -0.25) is 0 Å². The number of nitrogens with one attached hydrogen (secondary N) is 2. The minimum atomic E-state index is 0.115. The van der Waals surface area contributed by atoms with Crippen LogP contribution in [0.2, 0.25) is 0 Å². The Hall–Kier alpha value is -3.43. The monoisotopic (exact) mass is 385 g/mol. The topological polar surface area (TPSA) is 82.9 Å². The van der Waals surface area contributed by atoms with Crippen molar-refractivity contribution in [1.29, 1.82) is 5.26 Å². The van der Waals surface area contributed by atoms with Crippen molar-refractivity contribution < 1.29 is 4.74 Å². The highest BCUT2D eigenvalue weighted by Crippen LogP contribution is 2.26. The molecule has 0 saturated heterocycles. The van der Waals surface area contributed by atoms with Crippen molar-refractivity contribution in [2.24, 2.45) is 0 Å². The van der Waals surface area contributed by atoms with Gasteiger partial charge in [0, 0.05) is 12.4 Å². The Bertz CT molecular complexity index is 974. The van der Waals surface area contributed by atoms with E-state index in [2.05, 4.69) is 38.8 Å². The third-order valence-corrected chi connectivity index (χ3v) is 5.08. The molecule has 1 aromatic heterocycles. The number of dihydropyridines is 1. The number of nitriles is 1. The SMILES string of the molecule is N#CC(=C1C=CC=CN1)c1ccnc(N[C@H]2CCC[C@@H]2OCc2ccccc2)n1. The molecule has 0 bridgehead atoms. The van der Waals surface area contributed by atoms with Crippen LogP contribution in [0, 0.1) is 11.3 Å². The molecule has 2 heterocycles. The number of rotatable bonds is 6. The molecule has 0 radical (unpaired) electrons. The largest absolute Gasteiger partial charge is 0.371 e. The Kier molecular flexibility index (Phi) is 5.98. The van der Waals surface area contributed by atoms with Crippen LogP contribution in [0.4, 0.5) is 5.95 Å². The average Bonchev–Trinajstić information content (AvgIpc) is 3.21. The van der Waals surface area contributed by atoms with E-state index in [1.54, 1.807) is 18.5 Å². The first-order valence-corrected chi connectivity index (χ1v) is 9.83. The number of aromatic nitrogens is 2. The molecule has 0 unspecified atom stereocenters. The second-order valence-corrected chi connectivity index (χ2v) is 7.05. The van der Waals surface area contributed by atoms with Crippen molar-refractivity contribution in [3.8, 4) is 6.07 Å². The molecule has 29 heavy (non-hydrogen) atoms. The maximum atomic E-state index is 9.62. The van der Waals surface area contributed by atoms with Gasteiger partial charge < -0.3 is 15.4 Å². The fourth-order valence-corrected chi connectivity index (χ4v) is 3.61. The average molecular weight is 385 g/mol. The summed E-state index contributed by atoms with van der Waals surface area (Å²) in [4.78, 5) is 8.93. The summed E-state index contributed by atoms with van der Waals surface area (Å²) in [7, 11) is 0. The molecule has 0 spiro atoms. The number of allylic oxidation sites excluding steroid dienone is 4. The molecule has 1 aromatic carbocycles. The summed E-state index contributed by atoms with van der Waals surface area (Å²) in [5.41, 5.74) is 2.97. The molecular formula is C23H23N5O. The lowest BCUT2D eigenvalue weighted by atomic mass is 10.1. The van der Waals surface area contributed by atoms with E-state index in [9.17, 15) is 5.26 Å². The van der Waals surface area contributed by atoms with Crippen LogP contribution in [0.3, 0.4) is 0 Å². The van der Waals surface area contributed by atoms with Crippen LogP contribution in [0.1, 0.15) is 30.5 Å². The van der Waals surface area contributed by atoms with Crippen molar-refractivity contribution in [1.82, 2.24) is 15.3 Å². The normalized spacial score (nSPS) is 22.0. The predicted molar refractivity (Wildman–Crippen MR) is 112 cm³/mol. The minimum Gasteiger partial charge on any atom is -0.371 e. The zero-order chi connectivity index (χ0) is 19.9. The molecule has 2 aromatic rings. The molecule has 6 nitrogen and oxygen atoms in total. The van der Waals surface area contributed by atoms with Crippen molar-refractivity contribution in [3.05, 3.63) is 84.0 Å². The number of hydrogen-bond acceptors (Lipinski definition) is 6. The van der Waals surface area contributed by atoms with E-state index >= 15 is 0 Å². The molecule has 2 N–H and O–H groups in total. The van der Waals surface area contributed by atoms with Crippen LogP contribution < -0.4 is 10.6 Å². The lowest BCUT2D eigenvalue weighted by molar-refractivity contribution is 0.0393. The maximum Gasteiger partial charge on any atom is 0.223 e. The Morgan fingerprint density at radius 3 is 2.90 bits per heavy atom. The fraction of sp³-hybridized carbons (Fsp3) is 0.261. The highest BCUT2D eigenvalue weighted by Gasteiger charge is 2.28. The Balaban J connectivity index is 1.45. The number of anilines is 1. The summed E-state index contributed by atoms with van der Waals surface area (Å²) in [5.74, 6) is 0.520. The molecule has 146 valence electrons. The van der Waals surface area contributed by atoms with E-state index < -0.39 is 0 Å². The van der Waals surface area contributed by atoms with E-state index in [1.807, 2.05) is 36.4 Å². The number of nitrogens with zero attached hydrogens (tertiary/aromatic N) is 3. The highest BCUT2D eigenvalue weighted by molar-refractivity contribution is 5.79. The molecule has 1 aliphatic carbocycles. The summed E-state index contributed by atoms with van der Waals surface area (Å²) < 4.78 is 6.16. The molecule has 6 heteroatoms. The van der Waals surface area contributed by atoms with Gasteiger partial charge in [0.05, 0.1) is 30.1 Å². The Labute approximate surface area is 170 Å². The molecule has 1 fully saturated rings. The van der Waals surface area contributed by atoms with Gasteiger partial charge in [0.25, 0.3) is 0 Å². The number of ether oxygens (including phenoxy) is 1. The van der Waals surface area contributed by atoms with Crippen LogP contribution in [0.25, 0.3) is 5.57 Å². The van der Waals surface area contributed by atoms with Crippen molar-refractivity contribution in [2.45, 2.75) is 38.0 Å². The summed E-state index contributed by atoms with van der Waals surface area (Å²) in [6.07, 6.45) is 12.3. The summed E-state index contributed by atoms with van der Waals surface area (Å²) in [5, 5.41) is 16.1. The first-order chi connectivity index (χ1) is 14.3. The van der Waals surface area contributed by atoms with Gasteiger partial charge in [-0.05, 0) is 43.0 Å². The number of benzene rings is 1. The van der Waals surface area contributed by atoms with E-state index in [-0.39, 0.29) is 12.1 Å². The van der Waals surface area contributed by atoms with Gasteiger partial charge in [0.1, 0.15) is 11.6 Å². The zero-order valence-electron chi connectivity index (χ0n) is 16.1. The van der Waals surface area contributed by atoms with E-state index in [1.165, 1.54) is 5.56 Å². The quantitative estimate of drug-likeness (QED) is 0.733. The van der Waals surface area contributed by atoms with Crippen LogP contribution in [0.5, 0.6) is 0 Å². The van der Waals surface area contributed by atoms with Crippen LogP contribution >= 0.6 is 0 Å². The zero-order valence-corrected chi connectivity index (χ0v) is 16.1.